The van der Waals surface area contributed by atoms with Crippen molar-refractivity contribution in [2.24, 2.45) is 0 Å². The van der Waals surface area contributed by atoms with Crippen LogP contribution in [0.5, 0.6) is 0 Å². The molecular formula is C18H24N2O. The highest BCUT2D eigenvalue weighted by Gasteiger charge is 2.37. The van der Waals surface area contributed by atoms with Gasteiger partial charge in [-0.3, -0.25) is 4.79 Å². The third-order valence-electron chi connectivity index (χ3n) is 4.73. The summed E-state index contributed by atoms with van der Waals surface area (Å²) in [6.07, 6.45) is 6.45. The van der Waals surface area contributed by atoms with Gasteiger partial charge in [0.15, 0.2) is 0 Å². The Morgan fingerprint density at radius 2 is 2.05 bits per heavy atom. The summed E-state index contributed by atoms with van der Waals surface area (Å²) in [4.78, 5) is 14.8. The molecule has 21 heavy (non-hydrogen) atoms. The van der Waals surface area contributed by atoms with Crippen LogP contribution in [0.25, 0.3) is 5.57 Å². The SMILES string of the molecule is CC1(C(=O)N2CC=C(c3ccccc3)CC2)CCCCN1. The van der Waals surface area contributed by atoms with Gasteiger partial charge in [-0.05, 0) is 50.3 Å². The maximum Gasteiger partial charge on any atom is 0.242 e. The molecule has 0 bridgehead atoms. The molecule has 0 saturated carbocycles. The largest absolute Gasteiger partial charge is 0.337 e. The molecule has 1 amide bonds. The van der Waals surface area contributed by atoms with Crippen LogP contribution >= 0.6 is 0 Å². The highest BCUT2D eigenvalue weighted by Crippen LogP contribution is 2.26. The van der Waals surface area contributed by atoms with Crippen molar-refractivity contribution in [2.75, 3.05) is 19.6 Å². The molecule has 2 aliphatic rings. The van der Waals surface area contributed by atoms with Crippen LogP contribution in [-0.4, -0.2) is 36.0 Å². The molecule has 112 valence electrons. The smallest absolute Gasteiger partial charge is 0.242 e. The second-order valence-corrected chi connectivity index (χ2v) is 6.31. The fraction of sp³-hybridized carbons (Fsp3) is 0.500. The Kier molecular flexibility index (Phi) is 4.11. The van der Waals surface area contributed by atoms with Gasteiger partial charge in [0, 0.05) is 13.1 Å². The minimum Gasteiger partial charge on any atom is -0.337 e. The molecule has 2 heterocycles. The first-order chi connectivity index (χ1) is 10.2. The number of rotatable bonds is 2. The third kappa shape index (κ3) is 3.03. The van der Waals surface area contributed by atoms with Crippen molar-refractivity contribution < 1.29 is 4.79 Å². The van der Waals surface area contributed by atoms with Gasteiger partial charge in [0.05, 0.1) is 5.54 Å². The van der Waals surface area contributed by atoms with E-state index in [0.29, 0.717) is 0 Å². The average Bonchev–Trinajstić information content (AvgIpc) is 2.56. The maximum atomic E-state index is 12.8. The van der Waals surface area contributed by atoms with E-state index < -0.39 is 0 Å². The minimum atomic E-state index is -0.351. The topological polar surface area (TPSA) is 32.3 Å². The monoisotopic (exact) mass is 284 g/mol. The molecule has 0 radical (unpaired) electrons. The van der Waals surface area contributed by atoms with Gasteiger partial charge in [0.1, 0.15) is 0 Å². The summed E-state index contributed by atoms with van der Waals surface area (Å²) in [5.41, 5.74) is 2.30. The van der Waals surface area contributed by atoms with E-state index >= 15 is 0 Å². The Morgan fingerprint density at radius 1 is 1.24 bits per heavy atom. The van der Waals surface area contributed by atoms with E-state index in [1.807, 2.05) is 11.0 Å². The van der Waals surface area contributed by atoms with Crippen LogP contribution in [0.15, 0.2) is 36.4 Å². The molecule has 1 fully saturated rings. The number of piperidine rings is 1. The lowest BCUT2D eigenvalue weighted by Crippen LogP contribution is -2.58. The fourth-order valence-electron chi connectivity index (χ4n) is 3.36. The van der Waals surface area contributed by atoms with Crippen molar-refractivity contribution in [1.29, 1.82) is 0 Å². The van der Waals surface area contributed by atoms with E-state index in [1.165, 1.54) is 17.6 Å². The molecule has 1 saturated heterocycles. The fourth-order valence-corrected chi connectivity index (χ4v) is 3.36. The molecule has 1 N–H and O–H groups in total. The van der Waals surface area contributed by atoms with Crippen molar-refractivity contribution in [1.82, 2.24) is 10.2 Å². The van der Waals surface area contributed by atoms with Gasteiger partial charge in [-0.1, -0.05) is 36.4 Å². The van der Waals surface area contributed by atoms with Gasteiger partial charge in [-0.15, -0.1) is 0 Å². The van der Waals surface area contributed by atoms with Crippen LogP contribution in [-0.2, 0) is 4.79 Å². The normalized spacial score (nSPS) is 26.3. The summed E-state index contributed by atoms with van der Waals surface area (Å²) < 4.78 is 0. The lowest BCUT2D eigenvalue weighted by Gasteiger charge is -2.39. The zero-order chi connectivity index (χ0) is 14.7. The highest BCUT2D eigenvalue weighted by atomic mass is 16.2. The predicted molar refractivity (Wildman–Crippen MR) is 85.9 cm³/mol. The van der Waals surface area contributed by atoms with Crippen molar-refractivity contribution >= 4 is 11.5 Å². The molecule has 1 aromatic rings. The minimum absolute atomic E-state index is 0.269. The van der Waals surface area contributed by atoms with Crippen molar-refractivity contribution in [3.8, 4) is 0 Å². The number of carbonyl (C=O) groups is 1. The zero-order valence-corrected chi connectivity index (χ0v) is 12.8. The first kappa shape index (κ1) is 14.3. The van der Waals surface area contributed by atoms with Crippen molar-refractivity contribution in [3.05, 3.63) is 42.0 Å². The van der Waals surface area contributed by atoms with Crippen molar-refractivity contribution in [3.63, 3.8) is 0 Å². The molecule has 3 nitrogen and oxygen atoms in total. The summed E-state index contributed by atoms with van der Waals surface area (Å²) in [6.45, 7) is 4.59. The quantitative estimate of drug-likeness (QED) is 0.905. The number of nitrogens with zero attached hydrogens (tertiary/aromatic N) is 1. The predicted octanol–water partition coefficient (Wildman–Crippen LogP) is 2.83. The van der Waals surface area contributed by atoms with Gasteiger partial charge in [-0.2, -0.15) is 0 Å². The van der Waals surface area contributed by atoms with E-state index in [2.05, 4.69) is 42.6 Å². The van der Waals surface area contributed by atoms with Gasteiger partial charge < -0.3 is 10.2 Å². The summed E-state index contributed by atoms with van der Waals surface area (Å²) >= 11 is 0. The summed E-state index contributed by atoms with van der Waals surface area (Å²) in [5, 5.41) is 3.42. The number of nitrogens with one attached hydrogen (secondary N) is 1. The zero-order valence-electron chi connectivity index (χ0n) is 12.8. The van der Waals surface area contributed by atoms with Crippen LogP contribution in [0.4, 0.5) is 0 Å². The molecule has 0 spiro atoms. The Balaban J connectivity index is 1.67. The molecule has 3 rings (SSSR count). The summed E-state index contributed by atoms with van der Waals surface area (Å²) in [7, 11) is 0. The molecule has 0 aliphatic carbocycles. The highest BCUT2D eigenvalue weighted by molar-refractivity contribution is 5.87. The van der Waals surface area contributed by atoms with Gasteiger partial charge in [-0.25, -0.2) is 0 Å². The average molecular weight is 284 g/mol. The summed E-state index contributed by atoms with van der Waals surface area (Å²) in [6, 6.07) is 10.5. The third-order valence-corrected chi connectivity index (χ3v) is 4.73. The Bertz CT molecular complexity index is 529. The van der Waals surface area contributed by atoms with Crippen molar-refractivity contribution in [2.45, 2.75) is 38.1 Å². The van der Waals surface area contributed by atoms with Gasteiger partial charge in [0.25, 0.3) is 0 Å². The second-order valence-electron chi connectivity index (χ2n) is 6.31. The first-order valence-corrected chi connectivity index (χ1v) is 7.98. The number of amides is 1. The Morgan fingerprint density at radius 3 is 2.67 bits per heavy atom. The molecule has 2 aliphatic heterocycles. The second kappa shape index (κ2) is 6.02. The lowest BCUT2D eigenvalue weighted by molar-refractivity contribution is -0.138. The van der Waals surface area contributed by atoms with Crippen LogP contribution < -0.4 is 5.32 Å². The van der Waals surface area contributed by atoms with Crippen LogP contribution in [0, 0.1) is 0 Å². The van der Waals surface area contributed by atoms with Crippen LogP contribution in [0.1, 0.15) is 38.2 Å². The molecule has 1 unspecified atom stereocenters. The van der Waals surface area contributed by atoms with E-state index in [0.717, 1.165) is 38.9 Å². The lowest BCUT2D eigenvalue weighted by atomic mass is 9.88. The van der Waals surface area contributed by atoms with E-state index in [4.69, 9.17) is 0 Å². The maximum absolute atomic E-state index is 12.8. The number of hydrogen-bond donors (Lipinski definition) is 1. The van der Waals surface area contributed by atoms with E-state index in [1.54, 1.807) is 0 Å². The van der Waals surface area contributed by atoms with Gasteiger partial charge >= 0.3 is 0 Å². The van der Waals surface area contributed by atoms with Crippen LogP contribution in [0.2, 0.25) is 0 Å². The molecule has 1 atom stereocenters. The number of hydrogen-bond acceptors (Lipinski definition) is 2. The van der Waals surface area contributed by atoms with E-state index in [9.17, 15) is 4.79 Å². The Labute approximate surface area is 127 Å². The molecular weight excluding hydrogens is 260 g/mol. The molecule has 3 heteroatoms. The number of benzene rings is 1. The first-order valence-electron chi connectivity index (χ1n) is 7.98. The standard InChI is InChI=1S/C18H24N2O/c1-18(11-5-6-12-19-18)17(21)20-13-9-16(10-14-20)15-7-3-2-4-8-15/h2-4,7-9,19H,5-6,10-14H2,1H3. The molecule has 1 aromatic carbocycles. The Hall–Kier alpha value is -1.61. The summed E-state index contributed by atoms with van der Waals surface area (Å²) in [5.74, 6) is 0.269. The van der Waals surface area contributed by atoms with E-state index in [-0.39, 0.29) is 11.4 Å². The van der Waals surface area contributed by atoms with Gasteiger partial charge in [0.2, 0.25) is 5.91 Å². The van der Waals surface area contributed by atoms with Crippen LogP contribution in [0.3, 0.4) is 0 Å². The molecule has 0 aromatic heterocycles. The number of carbonyl (C=O) groups excluding carboxylic acids is 1.